The second-order valence-corrected chi connectivity index (χ2v) is 5.30. The summed E-state index contributed by atoms with van der Waals surface area (Å²) in [6.07, 6.45) is 3.18. The Morgan fingerprint density at radius 2 is 1.72 bits per heavy atom. The molecule has 2 aromatic carbocycles. The summed E-state index contributed by atoms with van der Waals surface area (Å²) >= 11 is 0. The molecule has 1 N–H and O–H groups in total. The molecule has 0 fully saturated rings. The molecular formula is C19H14N4O2. The number of para-hydroxylation sites is 3. The number of carbonyl (C=O) groups excluding carboxylic acids is 1. The number of carbonyl (C=O) groups is 1. The number of nitrogens with one attached hydrogen (secondary N) is 1. The Kier molecular flexibility index (Phi) is 3.84. The molecule has 6 nitrogen and oxygen atoms in total. The van der Waals surface area contributed by atoms with Crippen molar-refractivity contribution in [1.29, 1.82) is 0 Å². The van der Waals surface area contributed by atoms with Gasteiger partial charge in [-0.25, -0.2) is 9.50 Å². The zero-order valence-electron chi connectivity index (χ0n) is 13.2. The third-order valence-corrected chi connectivity index (χ3v) is 3.63. The van der Waals surface area contributed by atoms with Crippen molar-refractivity contribution in [2.24, 2.45) is 0 Å². The van der Waals surface area contributed by atoms with E-state index in [1.165, 1.54) is 4.52 Å². The highest BCUT2D eigenvalue weighted by Crippen LogP contribution is 2.29. The molecule has 0 saturated heterocycles. The van der Waals surface area contributed by atoms with Gasteiger partial charge in [-0.2, -0.15) is 5.10 Å². The zero-order chi connectivity index (χ0) is 17.1. The number of hydrogen-bond donors (Lipinski definition) is 1. The first-order valence-corrected chi connectivity index (χ1v) is 7.73. The van der Waals surface area contributed by atoms with E-state index in [0.29, 0.717) is 28.5 Å². The van der Waals surface area contributed by atoms with Crippen molar-refractivity contribution in [3.8, 4) is 11.5 Å². The van der Waals surface area contributed by atoms with Crippen LogP contribution in [0.3, 0.4) is 0 Å². The van der Waals surface area contributed by atoms with Crippen LogP contribution >= 0.6 is 0 Å². The third-order valence-electron chi connectivity index (χ3n) is 3.63. The highest BCUT2D eigenvalue weighted by molar-refractivity contribution is 6.04. The molecule has 0 aliphatic rings. The topological polar surface area (TPSA) is 68.5 Å². The Morgan fingerprint density at radius 3 is 2.60 bits per heavy atom. The molecule has 2 heterocycles. The first-order valence-electron chi connectivity index (χ1n) is 7.73. The van der Waals surface area contributed by atoms with E-state index in [1.54, 1.807) is 36.7 Å². The van der Waals surface area contributed by atoms with Gasteiger partial charge in [0.2, 0.25) is 0 Å². The molecule has 0 aliphatic carbocycles. The van der Waals surface area contributed by atoms with Crippen LogP contribution in [0, 0.1) is 0 Å². The number of anilines is 1. The summed E-state index contributed by atoms with van der Waals surface area (Å²) in [7, 11) is 0. The van der Waals surface area contributed by atoms with E-state index in [-0.39, 0.29) is 5.91 Å². The second kappa shape index (κ2) is 6.45. The molecule has 0 bridgehead atoms. The van der Waals surface area contributed by atoms with Crippen LogP contribution in [0.5, 0.6) is 11.5 Å². The van der Waals surface area contributed by atoms with Gasteiger partial charge in [0, 0.05) is 12.3 Å². The molecule has 0 atom stereocenters. The summed E-state index contributed by atoms with van der Waals surface area (Å²) < 4.78 is 7.37. The maximum atomic E-state index is 12.7. The average molecular weight is 330 g/mol. The summed E-state index contributed by atoms with van der Waals surface area (Å²) in [6.45, 7) is 0. The van der Waals surface area contributed by atoms with Crippen molar-refractivity contribution >= 4 is 17.2 Å². The molecule has 2 aromatic heterocycles. The quantitative estimate of drug-likeness (QED) is 0.618. The summed E-state index contributed by atoms with van der Waals surface area (Å²) in [6, 6.07) is 20.1. The van der Waals surface area contributed by atoms with Crippen molar-refractivity contribution in [2.75, 3.05) is 5.32 Å². The first-order chi connectivity index (χ1) is 12.3. The molecule has 6 heteroatoms. The predicted molar refractivity (Wildman–Crippen MR) is 93.9 cm³/mol. The molecule has 4 rings (SSSR count). The van der Waals surface area contributed by atoms with Crippen molar-refractivity contribution in [3.63, 3.8) is 0 Å². The lowest BCUT2D eigenvalue weighted by atomic mass is 10.2. The third kappa shape index (κ3) is 3.05. The van der Waals surface area contributed by atoms with E-state index in [9.17, 15) is 4.79 Å². The lowest BCUT2D eigenvalue weighted by molar-refractivity contribution is 0.101. The first kappa shape index (κ1) is 14.9. The standard InChI is InChI=1S/C19H14N4O2/c24-19(16-10-12-20-18-11-13-21-23(16)18)22-15-8-4-5-9-17(15)25-14-6-2-1-3-7-14/h1-13H,(H,22,24). The number of nitrogens with zero attached hydrogens (tertiary/aromatic N) is 3. The minimum absolute atomic E-state index is 0.291. The van der Waals surface area contributed by atoms with Crippen LogP contribution in [-0.4, -0.2) is 20.5 Å². The van der Waals surface area contributed by atoms with Gasteiger partial charge in [0.15, 0.2) is 11.4 Å². The van der Waals surface area contributed by atoms with Gasteiger partial charge >= 0.3 is 0 Å². The van der Waals surface area contributed by atoms with E-state index in [4.69, 9.17) is 4.74 Å². The maximum Gasteiger partial charge on any atom is 0.274 e. The van der Waals surface area contributed by atoms with E-state index in [0.717, 1.165) is 0 Å². The van der Waals surface area contributed by atoms with Crippen LogP contribution in [0.15, 0.2) is 79.1 Å². The van der Waals surface area contributed by atoms with E-state index >= 15 is 0 Å². The Hall–Kier alpha value is -3.67. The number of fused-ring (bicyclic) bond motifs is 1. The molecule has 25 heavy (non-hydrogen) atoms. The minimum atomic E-state index is -0.291. The van der Waals surface area contributed by atoms with Crippen LogP contribution in [0.1, 0.15) is 10.5 Å². The van der Waals surface area contributed by atoms with Gasteiger partial charge in [-0.1, -0.05) is 30.3 Å². The van der Waals surface area contributed by atoms with Crippen molar-refractivity contribution in [1.82, 2.24) is 14.6 Å². The fourth-order valence-corrected chi connectivity index (χ4v) is 2.47. The monoisotopic (exact) mass is 330 g/mol. The Bertz CT molecular complexity index is 1030. The highest BCUT2D eigenvalue weighted by Gasteiger charge is 2.14. The summed E-state index contributed by atoms with van der Waals surface area (Å²) in [5, 5.41) is 7.01. The molecule has 0 unspecified atom stereocenters. The molecular weight excluding hydrogens is 316 g/mol. The van der Waals surface area contributed by atoms with E-state index in [2.05, 4.69) is 15.4 Å². The van der Waals surface area contributed by atoms with Crippen molar-refractivity contribution in [2.45, 2.75) is 0 Å². The van der Waals surface area contributed by atoms with Crippen molar-refractivity contribution < 1.29 is 9.53 Å². The zero-order valence-corrected chi connectivity index (χ0v) is 13.2. The van der Waals surface area contributed by atoms with Crippen LogP contribution in [0.25, 0.3) is 5.65 Å². The van der Waals surface area contributed by atoms with Gasteiger partial charge in [-0.15, -0.1) is 0 Å². The molecule has 0 spiro atoms. The fourth-order valence-electron chi connectivity index (χ4n) is 2.47. The fraction of sp³-hybridized carbons (Fsp3) is 0. The summed E-state index contributed by atoms with van der Waals surface area (Å²) in [5.41, 5.74) is 1.58. The number of rotatable bonds is 4. The Balaban J connectivity index is 1.63. The minimum Gasteiger partial charge on any atom is -0.455 e. The number of benzene rings is 2. The lowest BCUT2D eigenvalue weighted by Gasteiger charge is -2.12. The normalized spacial score (nSPS) is 10.6. The molecule has 122 valence electrons. The maximum absolute atomic E-state index is 12.7. The number of aromatic nitrogens is 3. The average Bonchev–Trinajstić information content (AvgIpc) is 3.13. The second-order valence-electron chi connectivity index (χ2n) is 5.30. The lowest BCUT2D eigenvalue weighted by Crippen LogP contribution is -2.17. The molecule has 0 saturated carbocycles. The summed E-state index contributed by atoms with van der Waals surface area (Å²) in [5.74, 6) is 0.968. The van der Waals surface area contributed by atoms with Gasteiger partial charge < -0.3 is 10.1 Å². The number of hydrogen-bond acceptors (Lipinski definition) is 4. The van der Waals surface area contributed by atoms with Crippen LogP contribution in [0.2, 0.25) is 0 Å². The van der Waals surface area contributed by atoms with Crippen molar-refractivity contribution in [3.05, 3.63) is 84.8 Å². The van der Waals surface area contributed by atoms with Crippen LogP contribution in [-0.2, 0) is 0 Å². The Morgan fingerprint density at radius 1 is 0.920 bits per heavy atom. The van der Waals surface area contributed by atoms with E-state index < -0.39 is 0 Å². The van der Waals surface area contributed by atoms with Crippen LogP contribution < -0.4 is 10.1 Å². The predicted octanol–water partition coefficient (Wildman–Crippen LogP) is 3.77. The van der Waals surface area contributed by atoms with Gasteiger partial charge in [-0.05, 0) is 30.3 Å². The van der Waals surface area contributed by atoms with Gasteiger partial charge in [0.25, 0.3) is 5.91 Å². The van der Waals surface area contributed by atoms with Gasteiger partial charge in [0.1, 0.15) is 11.4 Å². The molecule has 1 amide bonds. The van der Waals surface area contributed by atoms with E-state index in [1.807, 2.05) is 42.5 Å². The largest absolute Gasteiger partial charge is 0.455 e. The molecule has 4 aromatic rings. The highest BCUT2D eigenvalue weighted by atomic mass is 16.5. The van der Waals surface area contributed by atoms with Gasteiger partial charge in [-0.3, -0.25) is 4.79 Å². The molecule has 0 radical (unpaired) electrons. The van der Waals surface area contributed by atoms with Gasteiger partial charge in [0.05, 0.1) is 11.9 Å². The molecule has 0 aliphatic heterocycles. The SMILES string of the molecule is O=C(Nc1ccccc1Oc1ccccc1)c1ccnc2ccnn12. The van der Waals surface area contributed by atoms with Crippen LogP contribution in [0.4, 0.5) is 5.69 Å². The number of ether oxygens (including phenoxy) is 1. The smallest absolute Gasteiger partial charge is 0.274 e. The summed E-state index contributed by atoms with van der Waals surface area (Å²) in [4.78, 5) is 16.8. The number of amides is 1. The Labute approximate surface area is 143 Å².